The highest BCUT2D eigenvalue weighted by Gasteiger charge is 2.20. The van der Waals surface area contributed by atoms with E-state index in [-0.39, 0.29) is 0 Å². The van der Waals surface area contributed by atoms with Crippen LogP contribution < -0.4 is 5.32 Å². The average molecular weight is 370 g/mol. The Morgan fingerprint density at radius 1 is 1.17 bits per heavy atom. The minimum Gasteiger partial charge on any atom is -0.468 e. The zero-order valence-electron chi connectivity index (χ0n) is 12.5. The molecule has 0 saturated carbocycles. The van der Waals surface area contributed by atoms with Crippen molar-refractivity contribution in [3.63, 3.8) is 0 Å². The molecule has 0 radical (unpaired) electrons. The number of rotatable bonds is 3. The second-order valence-corrected chi connectivity index (χ2v) is 6.63. The molecule has 4 nitrogen and oxygen atoms in total. The molecule has 1 fully saturated rings. The monoisotopic (exact) mass is 369 g/mol. The Morgan fingerprint density at radius 2 is 1.96 bits per heavy atom. The molecule has 0 unspecified atom stereocenters. The molecule has 122 valence electrons. The van der Waals surface area contributed by atoms with Crippen molar-refractivity contribution < 1.29 is 4.42 Å². The highest BCUT2D eigenvalue weighted by atomic mass is 35.5. The summed E-state index contributed by atoms with van der Waals surface area (Å²) in [6.07, 6.45) is 1.71. The van der Waals surface area contributed by atoms with Crippen LogP contribution in [-0.2, 0) is 6.54 Å². The third-order valence-corrected chi connectivity index (χ3v) is 4.70. The lowest BCUT2D eigenvalue weighted by atomic mass is 10.3. The largest absolute Gasteiger partial charge is 0.468 e. The van der Waals surface area contributed by atoms with Crippen molar-refractivity contribution in [1.82, 2.24) is 9.80 Å². The fourth-order valence-corrected chi connectivity index (χ4v) is 3.27. The van der Waals surface area contributed by atoms with Crippen LogP contribution in [0.3, 0.4) is 0 Å². The van der Waals surface area contributed by atoms with Crippen molar-refractivity contribution in [2.45, 2.75) is 6.54 Å². The van der Waals surface area contributed by atoms with Crippen molar-refractivity contribution in [2.75, 3.05) is 31.5 Å². The molecule has 0 aliphatic carbocycles. The molecule has 3 rings (SSSR count). The highest BCUT2D eigenvalue weighted by molar-refractivity contribution is 7.80. The third-order valence-electron chi connectivity index (χ3n) is 3.79. The molecule has 1 aromatic heterocycles. The number of hydrogen-bond donors (Lipinski definition) is 1. The minimum atomic E-state index is 0.566. The van der Waals surface area contributed by atoms with Gasteiger partial charge in [-0.2, -0.15) is 0 Å². The quantitative estimate of drug-likeness (QED) is 0.823. The molecular weight excluding hydrogens is 353 g/mol. The van der Waals surface area contributed by atoms with E-state index in [9.17, 15) is 0 Å². The van der Waals surface area contributed by atoms with Gasteiger partial charge in [0.2, 0.25) is 0 Å². The van der Waals surface area contributed by atoms with Gasteiger partial charge >= 0.3 is 0 Å². The molecule has 1 N–H and O–H groups in total. The van der Waals surface area contributed by atoms with Crippen LogP contribution in [0.15, 0.2) is 41.0 Å². The molecule has 2 aromatic rings. The first-order valence-corrected chi connectivity index (χ1v) is 8.54. The molecule has 0 atom stereocenters. The smallest absolute Gasteiger partial charge is 0.173 e. The molecule has 1 saturated heterocycles. The standard InChI is InChI=1S/C16H17Cl2N3OS/c17-12-3-4-15(14(18)10-12)19-16(23)21-7-5-20(6-8-21)11-13-2-1-9-22-13/h1-4,9-10H,5-8,11H2,(H,19,23). The summed E-state index contributed by atoms with van der Waals surface area (Å²) in [5, 5.41) is 5.06. The lowest BCUT2D eigenvalue weighted by molar-refractivity contribution is 0.166. The number of furan rings is 1. The highest BCUT2D eigenvalue weighted by Crippen LogP contribution is 2.25. The van der Waals surface area contributed by atoms with Gasteiger partial charge in [-0.3, -0.25) is 4.90 Å². The van der Waals surface area contributed by atoms with Crippen LogP contribution in [-0.4, -0.2) is 41.1 Å². The third kappa shape index (κ3) is 4.38. The normalized spacial score (nSPS) is 15.7. The summed E-state index contributed by atoms with van der Waals surface area (Å²) in [7, 11) is 0. The van der Waals surface area contributed by atoms with Gasteiger partial charge in [-0.15, -0.1) is 0 Å². The molecule has 1 aliphatic rings. The van der Waals surface area contributed by atoms with Gasteiger partial charge in [-0.1, -0.05) is 23.2 Å². The molecule has 1 aromatic carbocycles. The van der Waals surface area contributed by atoms with E-state index in [0.717, 1.165) is 44.2 Å². The summed E-state index contributed by atoms with van der Waals surface area (Å²) >= 11 is 17.6. The van der Waals surface area contributed by atoms with Crippen LogP contribution in [0.4, 0.5) is 5.69 Å². The SMILES string of the molecule is S=C(Nc1ccc(Cl)cc1Cl)N1CCN(Cc2ccco2)CC1. The summed E-state index contributed by atoms with van der Waals surface area (Å²) in [6, 6.07) is 9.25. The number of piperazine rings is 1. The molecule has 1 aliphatic heterocycles. The molecule has 0 bridgehead atoms. The van der Waals surface area contributed by atoms with Gasteiger partial charge in [0.05, 0.1) is 23.5 Å². The first-order valence-electron chi connectivity index (χ1n) is 7.37. The van der Waals surface area contributed by atoms with Crippen LogP contribution in [0, 0.1) is 0 Å². The zero-order chi connectivity index (χ0) is 16.2. The van der Waals surface area contributed by atoms with Gasteiger partial charge in [0, 0.05) is 31.2 Å². The van der Waals surface area contributed by atoms with Gasteiger partial charge in [0.25, 0.3) is 0 Å². The summed E-state index contributed by atoms with van der Waals surface area (Å²) in [5.41, 5.74) is 0.777. The van der Waals surface area contributed by atoms with Crippen LogP contribution in [0.1, 0.15) is 5.76 Å². The molecule has 2 heterocycles. The van der Waals surface area contributed by atoms with E-state index < -0.39 is 0 Å². The van der Waals surface area contributed by atoms with Crippen LogP contribution in [0.2, 0.25) is 10.0 Å². The molecule has 7 heteroatoms. The number of nitrogens with zero attached hydrogens (tertiary/aromatic N) is 2. The Bertz CT molecular complexity index is 670. The number of hydrogen-bond acceptors (Lipinski definition) is 3. The second kappa shape index (κ2) is 7.53. The maximum absolute atomic E-state index is 6.17. The first kappa shape index (κ1) is 16.6. The van der Waals surface area contributed by atoms with Crippen molar-refractivity contribution in [2.24, 2.45) is 0 Å². The van der Waals surface area contributed by atoms with E-state index in [1.807, 2.05) is 18.2 Å². The van der Waals surface area contributed by atoms with Crippen molar-refractivity contribution in [3.05, 3.63) is 52.4 Å². The predicted octanol–water partition coefficient (Wildman–Crippen LogP) is 4.10. The van der Waals surface area contributed by atoms with Gasteiger partial charge in [-0.25, -0.2) is 0 Å². The number of nitrogens with one attached hydrogen (secondary N) is 1. The maximum Gasteiger partial charge on any atom is 0.173 e. The van der Waals surface area contributed by atoms with E-state index in [0.29, 0.717) is 15.2 Å². The Balaban J connectivity index is 1.51. The van der Waals surface area contributed by atoms with Crippen LogP contribution in [0.5, 0.6) is 0 Å². The van der Waals surface area contributed by atoms with Gasteiger partial charge < -0.3 is 14.6 Å². The van der Waals surface area contributed by atoms with Gasteiger partial charge in [-0.05, 0) is 42.5 Å². The summed E-state index contributed by atoms with van der Waals surface area (Å²) in [4.78, 5) is 4.51. The van der Waals surface area contributed by atoms with E-state index in [4.69, 9.17) is 39.8 Å². The Hall–Kier alpha value is -1.27. The van der Waals surface area contributed by atoms with Gasteiger partial charge in [0.15, 0.2) is 5.11 Å². The summed E-state index contributed by atoms with van der Waals surface area (Å²) in [5.74, 6) is 0.993. The summed E-state index contributed by atoms with van der Waals surface area (Å²) < 4.78 is 5.39. The number of benzene rings is 1. The predicted molar refractivity (Wildman–Crippen MR) is 98.2 cm³/mol. The Kier molecular flexibility index (Phi) is 5.43. The van der Waals surface area contributed by atoms with Crippen LogP contribution in [0.25, 0.3) is 0 Å². The maximum atomic E-state index is 6.17. The topological polar surface area (TPSA) is 31.6 Å². The minimum absolute atomic E-state index is 0.566. The number of anilines is 1. The van der Waals surface area contributed by atoms with Crippen molar-refractivity contribution in [3.8, 4) is 0 Å². The lowest BCUT2D eigenvalue weighted by Gasteiger charge is -2.35. The average Bonchev–Trinajstić information content (AvgIpc) is 3.04. The van der Waals surface area contributed by atoms with E-state index in [1.54, 1.807) is 18.4 Å². The number of halogens is 2. The second-order valence-electron chi connectivity index (χ2n) is 5.40. The fourth-order valence-electron chi connectivity index (χ4n) is 2.52. The Morgan fingerprint density at radius 3 is 2.61 bits per heavy atom. The molecule has 23 heavy (non-hydrogen) atoms. The van der Waals surface area contributed by atoms with Crippen molar-refractivity contribution >= 4 is 46.2 Å². The van der Waals surface area contributed by atoms with E-state index >= 15 is 0 Å². The molecular formula is C16H17Cl2N3OS. The van der Waals surface area contributed by atoms with E-state index in [1.165, 1.54) is 0 Å². The first-order chi connectivity index (χ1) is 11.1. The lowest BCUT2D eigenvalue weighted by Crippen LogP contribution is -2.49. The molecule has 0 spiro atoms. The molecule has 0 amide bonds. The van der Waals surface area contributed by atoms with Gasteiger partial charge in [0.1, 0.15) is 5.76 Å². The summed E-state index contributed by atoms with van der Waals surface area (Å²) in [6.45, 7) is 4.47. The fraction of sp³-hybridized carbons (Fsp3) is 0.312. The zero-order valence-corrected chi connectivity index (χ0v) is 14.8. The van der Waals surface area contributed by atoms with Crippen LogP contribution >= 0.6 is 35.4 Å². The number of thiocarbonyl (C=S) groups is 1. The Labute approximate surface area is 151 Å². The van der Waals surface area contributed by atoms with Crippen molar-refractivity contribution in [1.29, 1.82) is 0 Å². The van der Waals surface area contributed by atoms with E-state index in [2.05, 4.69) is 15.1 Å².